The Balaban J connectivity index is 2.18. The highest BCUT2D eigenvalue weighted by Crippen LogP contribution is 2.20. The first kappa shape index (κ1) is 18.2. The maximum atomic E-state index is 12.3. The number of hydrogen-bond donors (Lipinski definition) is 1. The molecule has 0 bridgehead atoms. The minimum Gasteiger partial charge on any atom is -0.322 e. The van der Waals surface area contributed by atoms with Gasteiger partial charge < -0.3 is 5.32 Å². The molecule has 0 aliphatic heterocycles. The summed E-state index contributed by atoms with van der Waals surface area (Å²) in [6.45, 7) is 7.46. The van der Waals surface area contributed by atoms with Crippen molar-refractivity contribution in [3.05, 3.63) is 59.7 Å². The molecule has 24 heavy (non-hydrogen) atoms. The molecule has 0 fully saturated rings. The summed E-state index contributed by atoms with van der Waals surface area (Å²) in [4.78, 5) is 12.6. The van der Waals surface area contributed by atoms with Gasteiger partial charge in [-0.05, 0) is 61.7 Å². The Morgan fingerprint density at radius 3 is 2.12 bits per heavy atom. The van der Waals surface area contributed by atoms with Crippen molar-refractivity contribution >= 4 is 21.4 Å². The maximum absolute atomic E-state index is 12.3. The van der Waals surface area contributed by atoms with E-state index in [-0.39, 0.29) is 10.8 Å². The lowest BCUT2D eigenvalue weighted by molar-refractivity contribution is 0.102. The Morgan fingerprint density at radius 2 is 1.58 bits per heavy atom. The molecular formula is C19H23NO3S. The van der Waals surface area contributed by atoms with Crippen molar-refractivity contribution in [1.82, 2.24) is 0 Å². The van der Waals surface area contributed by atoms with E-state index in [4.69, 9.17) is 0 Å². The zero-order valence-corrected chi connectivity index (χ0v) is 15.2. The summed E-state index contributed by atoms with van der Waals surface area (Å²) in [6, 6.07) is 13.7. The molecule has 128 valence electrons. The summed E-state index contributed by atoms with van der Waals surface area (Å²) in [5.74, 6) is 0.117. The van der Waals surface area contributed by atoms with Gasteiger partial charge in [-0.3, -0.25) is 4.79 Å². The first-order valence-electron chi connectivity index (χ1n) is 7.97. The largest absolute Gasteiger partial charge is 0.322 e. The fraction of sp³-hybridized carbons (Fsp3) is 0.316. The van der Waals surface area contributed by atoms with Gasteiger partial charge in [0.1, 0.15) is 0 Å². The molecule has 0 atom stereocenters. The second-order valence-corrected chi connectivity index (χ2v) is 8.86. The summed E-state index contributed by atoms with van der Waals surface area (Å²) in [6.07, 6.45) is 0. The van der Waals surface area contributed by atoms with Crippen molar-refractivity contribution in [3.63, 3.8) is 0 Å². The van der Waals surface area contributed by atoms with E-state index < -0.39 is 15.1 Å². The topological polar surface area (TPSA) is 63.2 Å². The van der Waals surface area contributed by atoms with E-state index in [1.165, 1.54) is 24.3 Å². The van der Waals surface area contributed by atoms with Crippen LogP contribution in [-0.2, 0) is 9.84 Å². The molecule has 5 heteroatoms. The van der Waals surface area contributed by atoms with Gasteiger partial charge in [0.05, 0.1) is 10.1 Å². The normalized spacial score (nSPS) is 11.8. The monoisotopic (exact) mass is 345 g/mol. The average molecular weight is 345 g/mol. The van der Waals surface area contributed by atoms with Crippen LogP contribution in [0.3, 0.4) is 0 Å². The summed E-state index contributed by atoms with van der Waals surface area (Å²) in [7, 11) is -3.33. The van der Waals surface area contributed by atoms with Crippen LogP contribution in [0.5, 0.6) is 0 Å². The zero-order chi connectivity index (χ0) is 17.9. The second-order valence-electron chi connectivity index (χ2n) is 6.35. The minimum atomic E-state index is -3.33. The van der Waals surface area contributed by atoms with Crippen molar-refractivity contribution in [2.75, 3.05) is 5.32 Å². The molecule has 2 aromatic carbocycles. The third kappa shape index (κ3) is 4.03. The molecule has 2 aromatic rings. The number of rotatable bonds is 5. The molecule has 0 saturated heterocycles. The van der Waals surface area contributed by atoms with Crippen LogP contribution in [0.2, 0.25) is 0 Å². The highest BCUT2D eigenvalue weighted by Gasteiger charge is 2.19. The average Bonchev–Trinajstić information content (AvgIpc) is 2.55. The highest BCUT2D eigenvalue weighted by molar-refractivity contribution is 7.92. The van der Waals surface area contributed by atoms with E-state index in [1.807, 2.05) is 24.3 Å². The number of nitrogens with one attached hydrogen (secondary N) is 1. The Labute approximate surface area is 143 Å². The molecule has 0 unspecified atom stereocenters. The lowest BCUT2D eigenvalue weighted by Gasteiger charge is -2.11. The van der Waals surface area contributed by atoms with Crippen molar-refractivity contribution in [1.29, 1.82) is 0 Å². The Bertz CT molecular complexity index is 822. The quantitative estimate of drug-likeness (QED) is 0.881. The Hall–Kier alpha value is -2.14. The molecule has 0 heterocycles. The fourth-order valence-electron chi connectivity index (χ4n) is 2.25. The van der Waals surface area contributed by atoms with E-state index in [1.54, 1.807) is 13.8 Å². The molecule has 0 saturated carbocycles. The van der Waals surface area contributed by atoms with Crippen molar-refractivity contribution in [2.24, 2.45) is 0 Å². The van der Waals surface area contributed by atoms with Crippen molar-refractivity contribution in [2.45, 2.75) is 43.8 Å². The highest BCUT2D eigenvalue weighted by atomic mass is 32.2. The third-order valence-corrected chi connectivity index (χ3v) is 6.05. The molecule has 0 aromatic heterocycles. The molecule has 2 rings (SSSR count). The number of sulfone groups is 1. The van der Waals surface area contributed by atoms with Crippen molar-refractivity contribution in [3.8, 4) is 0 Å². The van der Waals surface area contributed by atoms with Gasteiger partial charge >= 0.3 is 0 Å². The van der Waals surface area contributed by atoms with Crippen molar-refractivity contribution < 1.29 is 13.2 Å². The van der Waals surface area contributed by atoms with Gasteiger partial charge in [0.15, 0.2) is 9.84 Å². The summed E-state index contributed by atoms with van der Waals surface area (Å²) in [5.41, 5.74) is 2.30. The number of benzene rings is 2. The summed E-state index contributed by atoms with van der Waals surface area (Å²) < 4.78 is 24.2. The van der Waals surface area contributed by atoms with Crippen LogP contribution in [0, 0.1) is 0 Å². The predicted molar refractivity (Wildman–Crippen MR) is 97.2 cm³/mol. The van der Waals surface area contributed by atoms with E-state index in [2.05, 4.69) is 19.2 Å². The fourth-order valence-corrected chi connectivity index (χ4v) is 3.31. The molecule has 0 radical (unpaired) electrons. The first-order chi connectivity index (χ1) is 11.2. The Morgan fingerprint density at radius 1 is 0.958 bits per heavy atom. The summed E-state index contributed by atoms with van der Waals surface area (Å²) in [5, 5.41) is 2.36. The molecule has 0 spiro atoms. The van der Waals surface area contributed by atoms with E-state index in [9.17, 15) is 13.2 Å². The first-order valence-corrected chi connectivity index (χ1v) is 9.51. The number of hydrogen-bond acceptors (Lipinski definition) is 3. The molecule has 4 nitrogen and oxygen atoms in total. The molecule has 1 N–H and O–H groups in total. The van der Waals surface area contributed by atoms with Crippen LogP contribution in [-0.4, -0.2) is 19.6 Å². The van der Waals surface area contributed by atoms with Crippen LogP contribution < -0.4 is 5.32 Å². The lowest BCUT2D eigenvalue weighted by atomic mass is 10.0. The van der Waals surface area contributed by atoms with Crippen LogP contribution in [0.25, 0.3) is 0 Å². The molecule has 0 aliphatic carbocycles. The minimum absolute atomic E-state index is 0.232. The number of carbonyl (C=O) groups excluding carboxylic acids is 1. The molecule has 0 aliphatic rings. The van der Waals surface area contributed by atoms with Gasteiger partial charge in [0, 0.05) is 11.3 Å². The number of anilines is 1. The van der Waals surface area contributed by atoms with E-state index in [0.717, 1.165) is 11.3 Å². The Kier molecular flexibility index (Phi) is 5.44. The second kappa shape index (κ2) is 7.18. The van der Waals surface area contributed by atoms with Gasteiger partial charge in [-0.1, -0.05) is 26.0 Å². The van der Waals surface area contributed by atoms with E-state index >= 15 is 0 Å². The maximum Gasteiger partial charge on any atom is 0.255 e. The standard InChI is InChI=1S/C19H23NO3S/c1-13(2)16-6-5-7-17(12-16)20-19(21)15-8-10-18(11-9-15)24(22,23)14(3)4/h5-14H,1-4H3,(H,20,21). The van der Waals surface area contributed by atoms with Gasteiger partial charge in [0.25, 0.3) is 5.91 Å². The van der Waals surface area contributed by atoms with Gasteiger partial charge in [0.2, 0.25) is 0 Å². The molecular weight excluding hydrogens is 322 g/mol. The SMILES string of the molecule is CC(C)c1cccc(NC(=O)c2ccc(S(=O)(=O)C(C)C)cc2)c1. The van der Waals surface area contributed by atoms with Crippen LogP contribution >= 0.6 is 0 Å². The van der Waals surface area contributed by atoms with Crippen LogP contribution in [0.1, 0.15) is 49.5 Å². The number of carbonyl (C=O) groups is 1. The van der Waals surface area contributed by atoms with E-state index in [0.29, 0.717) is 11.5 Å². The van der Waals surface area contributed by atoms with Crippen LogP contribution in [0.4, 0.5) is 5.69 Å². The number of amides is 1. The zero-order valence-electron chi connectivity index (χ0n) is 14.4. The summed E-state index contributed by atoms with van der Waals surface area (Å²) >= 11 is 0. The smallest absolute Gasteiger partial charge is 0.255 e. The van der Waals surface area contributed by atoms with Crippen LogP contribution in [0.15, 0.2) is 53.4 Å². The van der Waals surface area contributed by atoms with Gasteiger partial charge in [-0.15, -0.1) is 0 Å². The third-order valence-electron chi connectivity index (χ3n) is 3.88. The van der Waals surface area contributed by atoms with Gasteiger partial charge in [-0.25, -0.2) is 8.42 Å². The lowest BCUT2D eigenvalue weighted by Crippen LogP contribution is -2.15. The predicted octanol–water partition coefficient (Wildman–Crippen LogP) is 4.24. The van der Waals surface area contributed by atoms with Gasteiger partial charge in [-0.2, -0.15) is 0 Å². The molecule has 1 amide bonds.